The summed E-state index contributed by atoms with van der Waals surface area (Å²) in [5, 5.41) is 3.23. The fourth-order valence-corrected chi connectivity index (χ4v) is 2.07. The van der Waals surface area contributed by atoms with Crippen molar-refractivity contribution in [3.8, 4) is 11.5 Å². The Labute approximate surface area is 128 Å². The first kappa shape index (κ1) is 15.2. The molecule has 0 spiro atoms. The molecule has 0 bridgehead atoms. The van der Waals surface area contributed by atoms with Gasteiger partial charge in [-0.25, -0.2) is 0 Å². The molecule has 0 heterocycles. The molecular weight excluding hydrogens is 290 g/mol. The van der Waals surface area contributed by atoms with E-state index in [-0.39, 0.29) is 5.91 Å². The monoisotopic (exact) mass is 305 g/mol. The zero-order chi connectivity index (χ0) is 15.2. The van der Waals surface area contributed by atoms with Crippen LogP contribution in [0.3, 0.4) is 0 Å². The number of carbonyl (C=O) groups excluding carboxylic acids is 1. The van der Waals surface area contributed by atoms with Crippen LogP contribution in [-0.2, 0) is 0 Å². The van der Waals surface area contributed by atoms with E-state index < -0.39 is 0 Å². The molecule has 0 atom stereocenters. The largest absolute Gasteiger partial charge is 0.495 e. The van der Waals surface area contributed by atoms with Crippen LogP contribution in [0.1, 0.15) is 17.3 Å². The first-order valence-electron chi connectivity index (χ1n) is 6.51. The van der Waals surface area contributed by atoms with Crippen LogP contribution in [0.15, 0.2) is 42.5 Å². The second kappa shape index (κ2) is 6.99. The highest BCUT2D eigenvalue weighted by molar-refractivity contribution is 6.32. The predicted octanol–water partition coefficient (Wildman–Crippen LogP) is 4.00. The normalized spacial score (nSPS) is 10.0. The Hall–Kier alpha value is -2.20. The molecule has 0 radical (unpaired) electrons. The van der Waals surface area contributed by atoms with Crippen molar-refractivity contribution in [3.63, 3.8) is 0 Å². The second-order valence-corrected chi connectivity index (χ2v) is 4.67. The minimum atomic E-state index is -0.209. The number of hydrogen-bond acceptors (Lipinski definition) is 3. The zero-order valence-corrected chi connectivity index (χ0v) is 12.6. The molecule has 0 saturated carbocycles. The maximum Gasteiger partial charge on any atom is 0.255 e. The van der Waals surface area contributed by atoms with E-state index >= 15 is 0 Å². The summed E-state index contributed by atoms with van der Waals surface area (Å²) in [4.78, 5) is 12.1. The number of nitrogens with one attached hydrogen (secondary N) is 1. The van der Waals surface area contributed by atoms with Crippen LogP contribution in [0.25, 0.3) is 0 Å². The Morgan fingerprint density at radius 3 is 2.48 bits per heavy atom. The van der Waals surface area contributed by atoms with Crippen molar-refractivity contribution in [2.24, 2.45) is 0 Å². The molecule has 2 rings (SSSR count). The first-order chi connectivity index (χ1) is 10.1. The van der Waals surface area contributed by atoms with Gasteiger partial charge in [0.25, 0.3) is 5.91 Å². The van der Waals surface area contributed by atoms with Gasteiger partial charge < -0.3 is 14.8 Å². The summed E-state index contributed by atoms with van der Waals surface area (Å²) in [6.45, 7) is 2.50. The van der Waals surface area contributed by atoms with Gasteiger partial charge in [0.2, 0.25) is 0 Å². The molecule has 110 valence electrons. The Kier molecular flexibility index (Phi) is 5.06. The Morgan fingerprint density at radius 1 is 1.19 bits per heavy atom. The third kappa shape index (κ3) is 3.89. The van der Waals surface area contributed by atoms with Gasteiger partial charge >= 0.3 is 0 Å². The molecule has 2 aromatic carbocycles. The summed E-state index contributed by atoms with van der Waals surface area (Å²) in [5.74, 6) is 1.09. The maximum atomic E-state index is 12.1. The van der Waals surface area contributed by atoms with E-state index in [9.17, 15) is 4.79 Å². The average molecular weight is 306 g/mol. The zero-order valence-electron chi connectivity index (χ0n) is 11.9. The summed E-state index contributed by atoms with van der Waals surface area (Å²) in [6.07, 6.45) is 0. The number of rotatable bonds is 5. The van der Waals surface area contributed by atoms with Crippen molar-refractivity contribution in [1.29, 1.82) is 0 Å². The molecule has 0 aromatic heterocycles. The second-order valence-electron chi connectivity index (χ2n) is 4.26. The summed E-state index contributed by atoms with van der Waals surface area (Å²) in [7, 11) is 1.54. The van der Waals surface area contributed by atoms with Gasteiger partial charge in [0.05, 0.1) is 18.7 Å². The van der Waals surface area contributed by atoms with Gasteiger partial charge in [-0.15, -0.1) is 0 Å². The highest BCUT2D eigenvalue weighted by atomic mass is 35.5. The highest BCUT2D eigenvalue weighted by Gasteiger charge is 2.08. The number of methoxy groups -OCH3 is 1. The Balaban J connectivity index is 2.08. The van der Waals surface area contributed by atoms with E-state index in [1.54, 1.807) is 49.6 Å². The lowest BCUT2D eigenvalue weighted by Crippen LogP contribution is -2.11. The molecular formula is C16H16ClNO3. The van der Waals surface area contributed by atoms with E-state index in [1.165, 1.54) is 0 Å². The van der Waals surface area contributed by atoms with Crippen LogP contribution in [0, 0.1) is 0 Å². The fraction of sp³-hybridized carbons (Fsp3) is 0.188. The maximum absolute atomic E-state index is 12.1. The lowest BCUT2D eigenvalue weighted by Gasteiger charge is -2.09. The van der Waals surface area contributed by atoms with Gasteiger partial charge in [0, 0.05) is 11.3 Å². The van der Waals surface area contributed by atoms with Crippen molar-refractivity contribution in [1.82, 2.24) is 0 Å². The standard InChI is InChI=1S/C16H16ClNO3/c1-3-21-13-7-4-11(5-8-13)16(19)18-12-6-9-15(20-2)14(17)10-12/h4-10H,3H2,1-2H3,(H,18,19). The number of amides is 1. The third-order valence-electron chi connectivity index (χ3n) is 2.84. The Morgan fingerprint density at radius 2 is 1.90 bits per heavy atom. The van der Waals surface area contributed by atoms with E-state index in [2.05, 4.69) is 5.32 Å². The number of benzene rings is 2. The fourth-order valence-electron chi connectivity index (χ4n) is 1.82. The average Bonchev–Trinajstić information content (AvgIpc) is 2.48. The molecule has 4 nitrogen and oxygen atoms in total. The van der Waals surface area contributed by atoms with Crippen LogP contribution >= 0.6 is 11.6 Å². The molecule has 5 heteroatoms. The van der Waals surface area contributed by atoms with Gasteiger partial charge in [0.1, 0.15) is 11.5 Å². The smallest absolute Gasteiger partial charge is 0.255 e. The van der Waals surface area contributed by atoms with Crippen LogP contribution in [-0.4, -0.2) is 19.6 Å². The summed E-state index contributed by atoms with van der Waals surface area (Å²) < 4.78 is 10.4. The molecule has 0 saturated heterocycles. The van der Waals surface area contributed by atoms with Crippen LogP contribution in [0.5, 0.6) is 11.5 Å². The number of carbonyl (C=O) groups is 1. The minimum absolute atomic E-state index is 0.209. The van der Waals surface area contributed by atoms with Crippen molar-refractivity contribution >= 4 is 23.2 Å². The predicted molar refractivity (Wildman–Crippen MR) is 83.6 cm³/mol. The quantitative estimate of drug-likeness (QED) is 0.908. The van der Waals surface area contributed by atoms with Gasteiger partial charge in [-0.05, 0) is 49.4 Å². The van der Waals surface area contributed by atoms with Crippen molar-refractivity contribution in [2.45, 2.75) is 6.92 Å². The lowest BCUT2D eigenvalue weighted by atomic mass is 10.2. The molecule has 0 aliphatic rings. The highest BCUT2D eigenvalue weighted by Crippen LogP contribution is 2.27. The summed E-state index contributed by atoms with van der Waals surface area (Å²) in [6, 6.07) is 12.0. The van der Waals surface area contributed by atoms with E-state index in [4.69, 9.17) is 21.1 Å². The summed E-state index contributed by atoms with van der Waals surface area (Å²) in [5.41, 5.74) is 1.16. The molecule has 1 amide bonds. The molecule has 2 aromatic rings. The van der Waals surface area contributed by atoms with Crippen LogP contribution in [0.2, 0.25) is 5.02 Å². The van der Waals surface area contributed by atoms with Crippen molar-refractivity contribution in [2.75, 3.05) is 19.0 Å². The Bertz CT molecular complexity index is 626. The molecule has 1 N–H and O–H groups in total. The number of anilines is 1. The minimum Gasteiger partial charge on any atom is -0.495 e. The third-order valence-corrected chi connectivity index (χ3v) is 3.13. The summed E-state index contributed by atoms with van der Waals surface area (Å²) >= 11 is 6.02. The van der Waals surface area contributed by atoms with E-state index in [0.717, 1.165) is 5.75 Å². The van der Waals surface area contributed by atoms with Gasteiger partial charge in [-0.1, -0.05) is 11.6 Å². The number of ether oxygens (including phenoxy) is 2. The first-order valence-corrected chi connectivity index (χ1v) is 6.89. The van der Waals surface area contributed by atoms with Gasteiger partial charge in [-0.3, -0.25) is 4.79 Å². The van der Waals surface area contributed by atoms with Crippen LogP contribution < -0.4 is 14.8 Å². The molecule has 21 heavy (non-hydrogen) atoms. The van der Waals surface area contributed by atoms with Gasteiger partial charge in [0.15, 0.2) is 0 Å². The molecule has 0 aliphatic heterocycles. The SMILES string of the molecule is CCOc1ccc(C(=O)Nc2ccc(OC)c(Cl)c2)cc1. The van der Waals surface area contributed by atoms with E-state index in [1.807, 2.05) is 6.92 Å². The number of halogens is 1. The molecule has 0 unspecified atom stereocenters. The van der Waals surface area contributed by atoms with Crippen molar-refractivity contribution < 1.29 is 14.3 Å². The van der Waals surface area contributed by atoms with Crippen molar-refractivity contribution in [3.05, 3.63) is 53.1 Å². The number of hydrogen-bond donors (Lipinski definition) is 1. The molecule has 0 aliphatic carbocycles. The van der Waals surface area contributed by atoms with Gasteiger partial charge in [-0.2, -0.15) is 0 Å². The van der Waals surface area contributed by atoms with E-state index in [0.29, 0.717) is 28.6 Å². The lowest BCUT2D eigenvalue weighted by molar-refractivity contribution is 0.102. The topological polar surface area (TPSA) is 47.6 Å². The molecule has 0 fully saturated rings. The van der Waals surface area contributed by atoms with Crippen LogP contribution in [0.4, 0.5) is 5.69 Å².